The molecule has 0 fully saturated rings. The molecule has 0 aromatic heterocycles. The predicted octanol–water partition coefficient (Wildman–Crippen LogP) is 3.04. The fraction of sp³-hybridized carbons (Fsp3) is 0.438. The molecule has 8 nitrogen and oxygen atoms in total. The minimum Gasteiger partial charge on any atom is -0.395 e. The fourth-order valence-electron chi connectivity index (χ4n) is 2.23. The summed E-state index contributed by atoms with van der Waals surface area (Å²) in [5.74, 6) is 0. The average Bonchev–Trinajstić information content (AvgIpc) is 2.84. The predicted molar refractivity (Wildman–Crippen MR) is 90.2 cm³/mol. The number of azo groups is 1. The molecule has 0 aliphatic carbocycles. The van der Waals surface area contributed by atoms with Crippen molar-refractivity contribution in [1.29, 1.82) is 0 Å². The van der Waals surface area contributed by atoms with E-state index in [2.05, 4.69) is 36.5 Å². The summed E-state index contributed by atoms with van der Waals surface area (Å²) in [6.07, 6.45) is 0.878. The van der Waals surface area contributed by atoms with Crippen LogP contribution in [0.2, 0.25) is 0 Å². The van der Waals surface area contributed by atoms with Crippen LogP contribution in [0.15, 0.2) is 39.6 Å². The van der Waals surface area contributed by atoms with E-state index in [9.17, 15) is 9.59 Å². The molecule has 0 bridgehead atoms. The number of benzene rings is 1. The minimum atomic E-state index is -0.705. The quantitative estimate of drug-likeness (QED) is 0.333. The van der Waals surface area contributed by atoms with Crippen LogP contribution >= 0.6 is 0 Å². The van der Waals surface area contributed by atoms with Gasteiger partial charge in [0.2, 0.25) is 0 Å². The maximum absolute atomic E-state index is 11.7. The van der Waals surface area contributed by atoms with Crippen LogP contribution in [0.5, 0.6) is 0 Å². The van der Waals surface area contributed by atoms with Gasteiger partial charge in [-0.2, -0.15) is 0 Å². The van der Waals surface area contributed by atoms with Crippen LogP contribution in [-0.2, 0) is 4.84 Å². The molecule has 1 heterocycles. The number of carbonyl (C=O) groups is 2. The molecule has 128 valence electrons. The molecule has 1 aromatic rings. The van der Waals surface area contributed by atoms with Gasteiger partial charge < -0.3 is 9.32 Å². The molecular formula is C16H22N5O3+. The van der Waals surface area contributed by atoms with Crippen molar-refractivity contribution >= 4 is 23.5 Å². The second-order valence-electron chi connectivity index (χ2n) is 6.50. The lowest BCUT2D eigenvalue weighted by molar-refractivity contribution is -0.870. The van der Waals surface area contributed by atoms with E-state index in [1.807, 2.05) is 0 Å². The first-order chi connectivity index (χ1) is 11.3. The Bertz CT molecular complexity index is 673. The highest BCUT2D eigenvalue weighted by Crippen LogP contribution is 2.25. The van der Waals surface area contributed by atoms with E-state index in [0.717, 1.165) is 22.3 Å². The van der Waals surface area contributed by atoms with Gasteiger partial charge in [-0.1, -0.05) is 33.6 Å². The summed E-state index contributed by atoms with van der Waals surface area (Å²) < 4.78 is 0.862. The van der Waals surface area contributed by atoms with E-state index in [-0.39, 0.29) is 0 Å². The first-order valence-electron chi connectivity index (χ1n) is 7.66. The summed E-state index contributed by atoms with van der Waals surface area (Å²) in [7, 11) is 6.35. The Hall–Kier alpha value is -2.61. The first kappa shape index (κ1) is 17.7. The number of oxime groups is 1. The van der Waals surface area contributed by atoms with Gasteiger partial charge in [-0.25, -0.2) is 14.5 Å². The molecule has 0 saturated heterocycles. The van der Waals surface area contributed by atoms with Gasteiger partial charge in [0, 0.05) is 12.0 Å². The zero-order valence-corrected chi connectivity index (χ0v) is 14.4. The molecule has 0 spiro atoms. The summed E-state index contributed by atoms with van der Waals surface area (Å²) in [5.41, 5.74) is 1.59. The van der Waals surface area contributed by atoms with Crippen molar-refractivity contribution in [2.45, 2.75) is 13.3 Å². The zero-order valence-electron chi connectivity index (χ0n) is 14.4. The largest absolute Gasteiger partial charge is 0.395 e. The molecule has 24 heavy (non-hydrogen) atoms. The minimum absolute atomic E-state index is 0.397. The SMILES string of the molecule is C/C(=N\OCCC[N+](C)(C)C)c1ccccc1N1C(=O)N=NC1=O. The van der Waals surface area contributed by atoms with Gasteiger partial charge in [-0.15, -0.1) is 0 Å². The van der Waals surface area contributed by atoms with Crippen LogP contribution in [0.3, 0.4) is 0 Å². The number of nitrogens with zero attached hydrogens (tertiary/aromatic N) is 5. The van der Waals surface area contributed by atoms with Crippen molar-refractivity contribution < 1.29 is 18.9 Å². The summed E-state index contributed by atoms with van der Waals surface area (Å²) in [6, 6.07) is 5.54. The standard InChI is InChI=1S/C16H22N5O3/c1-12(19-24-11-7-10-21(2,3)4)13-8-5-6-9-14(13)20-15(22)17-18-16(20)23/h5-6,8-9H,7,10-11H2,1-4H3/q+1/b19-12+. The molecule has 1 aliphatic rings. The summed E-state index contributed by atoms with van der Waals surface area (Å²) in [4.78, 5) is 29.7. The van der Waals surface area contributed by atoms with Crippen molar-refractivity contribution in [2.24, 2.45) is 15.4 Å². The lowest BCUT2D eigenvalue weighted by atomic mass is 10.1. The first-order valence-corrected chi connectivity index (χ1v) is 7.66. The molecule has 0 saturated carbocycles. The van der Waals surface area contributed by atoms with Gasteiger partial charge in [0.05, 0.1) is 39.1 Å². The monoisotopic (exact) mass is 332 g/mol. The molecule has 0 radical (unpaired) electrons. The molecule has 0 N–H and O–H groups in total. The van der Waals surface area contributed by atoms with Crippen LogP contribution in [0.1, 0.15) is 18.9 Å². The van der Waals surface area contributed by atoms with Crippen LogP contribution < -0.4 is 4.90 Å². The summed E-state index contributed by atoms with van der Waals surface area (Å²) in [6.45, 7) is 3.24. The summed E-state index contributed by atoms with van der Waals surface area (Å²) in [5, 5.41) is 10.6. The number of hydrogen-bond donors (Lipinski definition) is 0. The highest BCUT2D eigenvalue weighted by Gasteiger charge is 2.31. The summed E-state index contributed by atoms with van der Waals surface area (Å²) >= 11 is 0. The van der Waals surface area contributed by atoms with Crippen LogP contribution in [0.25, 0.3) is 0 Å². The Labute approximate surface area is 141 Å². The molecule has 0 atom stereocenters. The molecular weight excluding hydrogens is 310 g/mol. The van der Waals surface area contributed by atoms with Crippen molar-refractivity contribution in [2.75, 3.05) is 39.2 Å². The smallest absolute Gasteiger partial charge is 0.375 e. The van der Waals surface area contributed by atoms with Crippen LogP contribution in [-0.4, -0.2) is 56.6 Å². The van der Waals surface area contributed by atoms with Gasteiger partial charge in [0.1, 0.15) is 6.61 Å². The van der Waals surface area contributed by atoms with Gasteiger partial charge in [-0.05, 0) is 13.0 Å². The number of hydrogen-bond acceptors (Lipinski definition) is 4. The number of amides is 4. The van der Waals surface area contributed by atoms with E-state index in [4.69, 9.17) is 4.84 Å². The highest BCUT2D eigenvalue weighted by molar-refractivity contribution is 6.20. The molecule has 0 unspecified atom stereocenters. The lowest BCUT2D eigenvalue weighted by Crippen LogP contribution is -2.35. The number of imide groups is 1. The third-order valence-electron chi connectivity index (χ3n) is 3.40. The Morgan fingerprint density at radius 3 is 2.42 bits per heavy atom. The Morgan fingerprint density at radius 1 is 1.17 bits per heavy atom. The molecule has 2 rings (SSSR count). The second-order valence-corrected chi connectivity index (χ2v) is 6.50. The average molecular weight is 332 g/mol. The van der Waals surface area contributed by atoms with Gasteiger partial charge >= 0.3 is 12.1 Å². The van der Waals surface area contributed by atoms with E-state index in [0.29, 0.717) is 23.6 Å². The van der Waals surface area contributed by atoms with Crippen LogP contribution in [0.4, 0.5) is 15.3 Å². The van der Waals surface area contributed by atoms with E-state index < -0.39 is 12.1 Å². The number of urea groups is 2. The van der Waals surface area contributed by atoms with Gasteiger partial charge in [0.15, 0.2) is 0 Å². The molecule has 4 amide bonds. The number of carbonyl (C=O) groups excluding carboxylic acids is 2. The zero-order chi connectivity index (χ0) is 17.7. The maximum Gasteiger partial charge on any atom is 0.375 e. The topological polar surface area (TPSA) is 83.7 Å². The van der Waals surface area contributed by atoms with Crippen molar-refractivity contribution in [3.05, 3.63) is 29.8 Å². The number of quaternary nitrogens is 1. The molecule has 1 aliphatic heterocycles. The normalized spacial score (nSPS) is 15.3. The lowest BCUT2D eigenvalue weighted by Gasteiger charge is -2.23. The van der Waals surface area contributed by atoms with Crippen molar-refractivity contribution in [3.63, 3.8) is 0 Å². The van der Waals surface area contributed by atoms with Crippen LogP contribution in [0, 0.1) is 0 Å². The van der Waals surface area contributed by atoms with Gasteiger partial charge in [-0.3, -0.25) is 0 Å². The van der Waals surface area contributed by atoms with Crippen molar-refractivity contribution in [3.8, 4) is 0 Å². The van der Waals surface area contributed by atoms with E-state index in [1.54, 1.807) is 31.2 Å². The number of anilines is 1. The van der Waals surface area contributed by atoms with E-state index >= 15 is 0 Å². The highest BCUT2D eigenvalue weighted by atomic mass is 16.6. The van der Waals surface area contributed by atoms with Gasteiger partial charge in [0.25, 0.3) is 0 Å². The number of rotatable bonds is 7. The Kier molecular flexibility index (Phi) is 5.40. The molecule has 8 heteroatoms. The second kappa shape index (κ2) is 7.31. The third-order valence-corrected chi connectivity index (χ3v) is 3.40. The van der Waals surface area contributed by atoms with Crippen molar-refractivity contribution in [1.82, 2.24) is 0 Å². The Morgan fingerprint density at radius 2 is 1.79 bits per heavy atom. The fourth-order valence-corrected chi connectivity index (χ4v) is 2.23. The molecule has 1 aromatic carbocycles. The Balaban J connectivity index is 2.07. The third kappa shape index (κ3) is 4.45. The maximum atomic E-state index is 11.7. The van der Waals surface area contributed by atoms with E-state index in [1.165, 1.54) is 0 Å². The number of para-hydroxylation sites is 1.